The number of carbonyl (C=O) groups is 1. The number of carbonyl (C=O) groups excluding carboxylic acids is 1. The number of thiophene rings is 2. The van der Waals surface area contributed by atoms with E-state index in [2.05, 4.69) is 18.0 Å². The molecule has 3 heterocycles. The fourth-order valence-corrected chi connectivity index (χ4v) is 6.48. The zero-order valence-corrected chi connectivity index (χ0v) is 19.4. The van der Waals surface area contributed by atoms with Crippen LogP contribution in [-0.2, 0) is 11.3 Å². The quantitative estimate of drug-likeness (QED) is 0.304. The van der Waals surface area contributed by atoms with E-state index in [0.29, 0.717) is 34.8 Å². The number of nitrogens with zero attached hydrogens (tertiary/aromatic N) is 3. The maximum Gasteiger partial charge on any atom is 0.263 e. The molecular formula is C22H22N4O2S3. The number of nitrogens with one attached hydrogen (secondary N) is 1. The second kappa shape index (κ2) is 9.39. The number of aromatic nitrogens is 2. The fraction of sp³-hybridized carbons (Fsp3) is 0.364. The van der Waals surface area contributed by atoms with Crippen molar-refractivity contribution in [3.8, 4) is 16.5 Å². The Morgan fingerprint density at radius 2 is 2.19 bits per heavy atom. The third kappa shape index (κ3) is 4.47. The molecule has 0 bridgehead atoms. The molecule has 0 saturated heterocycles. The lowest BCUT2D eigenvalue weighted by molar-refractivity contribution is -0.120. The number of rotatable bonds is 7. The SMILES string of the molecule is C=CCn1c(SCC(=O)NC2(C#N)CCCCC2)nc2scc(-c3cccs3)c2c1=O. The van der Waals surface area contributed by atoms with Gasteiger partial charge < -0.3 is 5.32 Å². The zero-order valence-electron chi connectivity index (χ0n) is 16.9. The highest BCUT2D eigenvalue weighted by atomic mass is 32.2. The predicted octanol–water partition coefficient (Wildman–Crippen LogP) is 4.81. The fourth-order valence-electron chi connectivity index (χ4n) is 3.87. The number of thioether (sulfide) groups is 1. The van der Waals surface area contributed by atoms with Crippen LogP contribution in [0, 0.1) is 11.3 Å². The molecule has 1 aliphatic carbocycles. The second-order valence-electron chi connectivity index (χ2n) is 7.50. The summed E-state index contributed by atoms with van der Waals surface area (Å²) < 4.78 is 1.57. The number of nitriles is 1. The van der Waals surface area contributed by atoms with Crippen molar-refractivity contribution < 1.29 is 4.79 Å². The van der Waals surface area contributed by atoms with Gasteiger partial charge in [0, 0.05) is 22.4 Å². The largest absolute Gasteiger partial charge is 0.337 e. The van der Waals surface area contributed by atoms with E-state index < -0.39 is 5.54 Å². The maximum absolute atomic E-state index is 13.3. The molecule has 4 rings (SSSR count). The first-order chi connectivity index (χ1) is 15.1. The summed E-state index contributed by atoms with van der Waals surface area (Å²) >= 11 is 4.24. The summed E-state index contributed by atoms with van der Waals surface area (Å²) in [5.41, 5.74) is 0.00309. The first kappa shape index (κ1) is 21.8. The Morgan fingerprint density at radius 3 is 2.87 bits per heavy atom. The van der Waals surface area contributed by atoms with Crippen LogP contribution in [-0.4, -0.2) is 26.8 Å². The van der Waals surface area contributed by atoms with E-state index in [1.165, 1.54) is 23.1 Å². The molecule has 31 heavy (non-hydrogen) atoms. The number of hydrogen-bond donors (Lipinski definition) is 1. The van der Waals surface area contributed by atoms with Gasteiger partial charge in [-0.2, -0.15) is 5.26 Å². The van der Waals surface area contributed by atoms with Crippen molar-refractivity contribution in [3.05, 3.63) is 45.9 Å². The van der Waals surface area contributed by atoms with Crippen molar-refractivity contribution in [2.75, 3.05) is 5.75 Å². The van der Waals surface area contributed by atoms with Crippen molar-refractivity contribution in [1.29, 1.82) is 5.26 Å². The molecule has 0 aromatic carbocycles. The van der Waals surface area contributed by atoms with E-state index in [4.69, 9.17) is 4.98 Å². The van der Waals surface area contributed by atoms with Crippen LogP contribution in [0.2, 0.25) is 0 Å². The lowest BCUT2D eigenvalue weighted by atomic mass is 9.83. The van der Waals surface area contributed by atoms with Crippen molar-refractivity contribution >= 4 is 50.6 Å². The normalized spacial score (nSPS) is 15.5. The second-order valence-corrected chi connectivity index (χ2v) is 10.2. The third-order valence-electron chi connectivity index (χ3n) is 5.39. The van der Waals surface area contributed by atoms with Crippen LogP contribution < -0.4 is 10.9 Å². The summed E-state index contributed by atoms with van der Waals surface area (Å²) in [6, 6.07) is 6.26. The zero-order chi connectivity index (χ0) is 21.8. The third-order valence-corrected chi connectivity index (χ3v) is 8.14. The summed E-state index contributed by atoms with van der Waals surface area (Å²) in [4.78, 5) is 32.3. The number of fused-ring (bicyclic) bond motifs is 1. The highest BCUT2D eigenvalue weighted by molar-refractivity contribution is 7.99. The van der Waals surface area contributed by atoms with Gasteiger partial charge in [-0.25, -0.2) is 4.98 Å². The molecule has 1 amide bonds. The van der Waals surface area contributed by atoms with E-state index in [9.17, 15) is 14.9 Å². The van der Waals surface area contributed by atoms with Gasteiger partial charge in [-0.05, 0) is 24.3 Å². The van der Waals surface area contributed by atoms with Gasteiger partial charge >= 0.3 is 0 Å². The van der Waals surface area contributed by atoms with Crippen molar-refractivity contribution in [2.24, 2.45) is 0 Å². The molecule has 6 nitrogen and oxygen atoms in total. The van der Waals surface area contributed by atoms with Gasteiger partial charge in [-0.1, -0.05) is 43.2 Å². The van der Waals surface area contributed by atoms with Crippen LogP contribution in [0.3, 0.4) is 0 Å². The van der Waals surface area contributed by atoms with E-state index in [1.54, 1.807) is 22.0 Å². The van der Waals surface area contributed by atoms with Crippen LogP contribution in [0.4, 0.5) is 0 Å². The molecule has 0 atom stereocenters. The van der Waals surface area contributed by atoms with Crippen LogP contribution in [0.25, 0.3) is 20.7 Å². The average molecular weight is 471 g/mol. The molecule has 9 heteroatoms. The van der Waals surface area contributed by atoms with Gasteiger partial charge in [-0.15, -0.1) is 29.3 Å². The van der Waals surface area contributed by atoms with Crippen molar-refractivity contribution in [2.45, 2.75) is 49.3 Å². The summed E-state index contributed by atoms with van der Waals surface area (Å²) in [6.07, 6.45) is 6.02. The van der Waals surface area contributed by atoms with Crippen LogP contribution in [0.15, 0.2) is 45.5 Å². The predicted molar refractivity (Wildman–Crippen MR) is 128 cm³/mol. The summed E-state index contributed by atoms with van der Waals surface area (Å²) in [6.45, 7) is 4.08. The lowest BCUT2D eigenvalue weighted by Crippen LogP contribution is -2.49. The molecule has 0 unspecified atom stereocenters. The number of amides is 1. The molecular weight excluding hydrogens is 448 g/mol. The summed E-state index contributed by atoms with van der Waals surface area (Å²) in [7, 11) is 0. The van der Waals surface area contributed by atoms with Gasteiger partial charge in [0.05, 0.1) is 17.2 Å². The minimum atomic E-state index is -0.766. The molecule has 1 fully saturated rings. The molecule has 1 N–H and O–H groups in total. The van der Waals surface area contributed by atoms with E-state index in [1.807, 2.05) is 22.9 Å². The van der Waals surface area contributed by atoms with E-state index in [-0.39, 0.29) is 17.2 Å². The molecule has 160 valence electrons. The lowest BCUT2D eigenvalue weighted by Gasteiger charge is -2.31. The minimum Gasteiger partial charge on any atom is -0.337 e. The highest BCUT2D eigenvalue weighted by Crippen LogP contribution is 2.34. The first-order valence-electron chi connectivity index (χ1n) is 10.1. The van der Waals surface area contributed by atoms with Crippen molar-refractivity contribution in [1.82, 2.24) is 14.9 Å². The Kier molecular flexibility index (Phi) is 6.60. The first-order valence-corrected chi connectivity index (χ1v) is 12.8. The van der Waals surface area contributed by atoms with Crippen molar-refractivity contribution in [3.63, 3.8) is 0 Å². The molecule has 1 saturated carbocycles. The molecule has 0 radical (unpaired) electrons. The van der Waals surface area contributed by atoms with Gasteiger partial charge in [0.25, 0.3) is 5.56 Å². The molecule has 3 aromatic heterocycles. The van der Waals surface area contributed by atoms with Crippen LogP contribution in [0.1, 0.15) is 32.1 Å². The van der Waals surface area contributed by atoms with Crippen LogP contribution >= 0.6 is 34.4 Å². The van der Waals surface area contributed by atoms with Crippen LogP contribution in [0.5, 0.6) is 0 Å². The monoisotopic (exact) mass is 470 g/mol. The summed E-state index contributed by atoms with van der Waals surface area (Å²) in [5.74, 6) is -0.111. The Morgan fingerprint density at radius 1 is 1.39 bits per heavy atom. The van der Waals surface area contributed by atoms with Gasteiger partial charge in [-0.3, -0.25) is 14.2 Å². The molecule has 0 spiro atoms. The Labute approximate surface area is 192 Å². The van der Waals surface area contributed by atoms with Gasteiger partial charge in [0.1, 0.15) is 10.4 Å². The van der Waals surface area contributed by atoms with Gasteiger partial charge in [0.15, 0.2) is 5.16 Å². The highest BCUT2D eigenvalue weighted by Gasteiger charge is 2.33. The topological polar surface area (TPSA) is 87.8 Å². The Hall–Kier alpha value is -2.41. The van der Waals surface area contributed by atoms with E-state index in [0.717, 1.165) is 29.7 Å². The average Bonchev–Trinajstić information content (AvgIpc) is 3.45. The minimum absolute atomic E-state index is 0.0989. The molecule has 3 aromatic rings. The molecule has 0 aliphatic heterocycles. The number of allylic oxidation sites excluding steroid dienone is 1. The Bertz CT molecular complexity index is 1200. The standard InChI is InChI=1S/C22H22N4O2S3/c1-2-10-26-20(28)18-15(16-7-6-11-29-16)12-30-19(18)24-21(26)31-13-17(27)25-22(14-23)8-4-3-5-9-22/h2,6-7,11-12H,1,3-5,8-10,13H2,(H,25,27). The Balaban J connectivity index is 1.59. The summed E-state index contributed by atoms with van der Waals surface area (Å²) in [5, 5.41) is 17.6. The smallest absolute Gasteiger partial charge is 0.263 e. The maximum atomic E-state index is 13.3. The van der Waals surface area contributed by atoms with E-state index >= 15 is 0 Å². The van der Waals surface area contributed by atoms with Gasteiger partial charge in [0.2, 0.25) is 5.91 Å². The molecule has 1 aliphatic rings. The number of hydrogen-bond acceptors (Lipinski definition) is 7.